The minimum absolute atomic E-state index is 0.126. The van der Waals surface area contributed by atoms with Gasteiger partial charge >= 0.3 is 5.97 Å². The third-order valence-electron chi connectivity index (χ3n) is 3.31. The SMILES string of the molecule is O=C(O)c1cc(O)cc(C(=O)NCCc2ccc(O)c(O)c2)c1O. The second-order valence-electron chi connectivity index (χ2n) is 5.02. The largest absolute Gasteiger partial charge is 0.508 e. The Morgan fingerprint density at radius 2 is 1.58 bits per heavy atom. The van der Waals surface area contributed by atoms with E-state index >= 15 is 0 Å². The van der Waals surface area contributed by atoms with Crippen molar-refractivity contribution >= 4 is 11.9 Å². The van der Waals surface area contributed by atoms with Gasteiger partial charge < -0.3 is 30.8 Å². The van der Waals surface area contributed by atoms with E-state index in [9.17, 15) is 30.0 Å². The highest BCUT2D eigenvalue weighted by Gasteiger charge is 2.20. The van der Waals surface area contributed by atoms with Crippen LogP contribution in [-0.2, 0) is 6.42 Å². The summed E-state index contributed by atoms with van der Waals surface area (Å²) in [5, 5.41) is 49.3. The maximum absolute atomic E-state index is 12.0. The first-order chi connectivity index (χ1) is 11.3. The summed E-state index contributed by atoms with van der Waals surface area (Å²) in [5.41, 5.74) is -0.290. The maximum Gasteiger partial charge on any atom is 0.339 e. The molecule has 0 aliphatic rings. The predicted molar refractivity (Wildman–Crippen MR) is 82.5 cm³/mol. The molecule has 24 heavy (non-hydrogen) atoms. The van der Waals surface area contributed by atoms with Crippen molar-refractivity contribution in [1.82, 2.24) is 5.32 Å². The van der Waals surface area contributed by atoms with Crippen LogP contribution in [0.2, 0.25) is 0 Å². The second-order valence-corrected chi connectivity index (χ2v) is 5.02. The summed E-state index contributed by atoms with van der Waals surface area (Å²) in [6.07, 6.45) is 0.324. The molecular formula is C16H15NO7. The first-order valence-electron chi connectivity index (χ1n) is 6.88. The Kier molecular flexibility index (Phi) is 4.78. The van der Waals surface area contributed by atoms with Crippen LogP contribution >= 0.6 is 0 Å². The number of phenolic OH excluding ortho intramolecular Hbond substituents is 3. The van der Waals surface area contributed by atoms with Gasteiger partial charge in [-0.2, -0.15) is 0 Å². The predicted octanol–water partition coefficient (Wildman–Crippen LogP) is 1.18. The topological polar surface area (TPSA) is 147 Å². The van der Waals surface area contributed by atoms with Crippen LogP contribution in [0.25, 0.3) is 0 Å². The zero-order valence-corrected chi connectivity index (χ0v) is 12.4. The van der Waals surface area contributed by atoms with Crippen LogP contribution in [0.15, 0.2) is 30.3 Å². The normalized spacial score (nSPS) is 10.3. The molecule has 0 aromatic heterocycles. The van der Waals surface area contributed by atoms with Gasteiger partial charge in [-0.1, -0.05) is 6.07 Å². The zero-order valence-electron chi connectivity index (χ0n) is 12.4. The summed E-state index contributed by atoms with van der Waals surface area (Å²) in [6, 6.07) is 6.02. The Morgan fingerprint density at radius 3 is 2.21 bits per heavy atom. The molecule has 0 bridgehead atoms. The molecule has 0 atom stereocenters. The summed E-state index contributed by atoms with van der Waals surface area (Å²) in [6.45, 7) is 0.126. The summed E-state index contributed by atoms with van der Waals surface area (Å²) < 4.78 is 0. The summed E-state index contributed by atoms with van der Waals surface area (Å²) in [4.78, 5) is 23.0. The molecule has 8 heteroatoms. The molecule has 8 nitrogen and oxygen atoms in total. The van der Waals surface area contributed by atoms with Gasteiger partial charge in [0, 0.05) is 6.54 Å². The highest BCUT2D eigenvalue weighted by atomic mass is 16.4. The molecule has 126 valence electrons. The van der Waals surface area contributed by atoms with Crippen LogP contribution in [0.4, 0.5) is 0 Å². The van der Waals surface area contributed by atoms with Crippen LogP contribution in [0.3, 0.4) is 0 Å². The number of phenols is 4. The second kappa shape index (κ2) is 6.78. The van der Waals surface area contributed by atoms with Gasteiger partial charge in [0.2, 0.25) is 0 Å². The lowest BCUT2D eigenvalue weighted by Gasteiger charge is -2.10. The molecule has 6 N–H and O–H groups in total. The Labute approximate surface area is 136 Å². The number of amides is 1. The fourth-order valence-electron chi connectivity index (χ4n) is 2.10. The van der Waals surface area contributed by atoms with Gasteiger partial charge in [-0.15, -0.1) is 0 Å². The number of hydrogen-bond acceptors (Lipinski definition) is 6. The Hall–Kier alpha value is -3.42. The minimum Gasteiger partial charge on any atom is -0.508 e. The molecule has 0 unspecified atom stereocenters. The molecule has 0 spiro atoms. The van der Waals surface area contributed by atoms with Gasteiger partial charge in [0.05, 0.1) is 5.56 Å². The van der Waals surface area contributed by atoms with E-state index in [2.05, 4.69) is 5.32 Å². The van der Waals surface area contributed by atoms with Crippen molar-refractivity contribution in [3.05, 3.63) is 47.0 Å². The van der Waals surface area contributed by atoms with Gasteiger partial charge in [-0.05, 0) is 36.2 Å². The number of aromatic hydroxyl groups is 4. The van der Waals surface area contributed by atoms with Gasteiger partial charge in [0.1, 0.15) is 17.1 Å². The Balaban J connectivity index is 2.07. The molecule has 2 aromatic carbocycles. The third-order valence-corrected chi connectivity index (χ3v) is 3.31. The summed E-state index contributed by atoms with van der Waals surface area (Å²) in [7, 11) is 0. The highest BCUT2D eigenvalue weighted by Crippen LogP contribution is 2.28. The Morgan fingerprint density at radius 1 is 0.917 bits per heavy atom. The highest BCUT2D eigenvalue weighted by molar-refractivity contribution is 6.02. The molecule has 0 radical (unpaired) electrons. The van der Waals surface area contributed by atoms with E-state index in [0.29, 0.717) is 12.0 Å². The van der Waals surface area contributed by atoms with Crippen molar-refractivity contribution in [2.24, 2.45) is 0 Å². The van der Waals surface area contributed by atoms with E-state index < -0.39 is 28.9 Å². The van der Waals surface area contributed by atoms with E-state index in [0.717, 1.165) is 12.1 Å². The molecule has 2 rings (SSSR count). The van der Waals surface area contributed by atoms with E-state index in [1.54, 1.807) is 6.07 Å². The van der Waals surface area contributed by atoms with Crippen molar-refractivity contribution in [3.8, 4) is 23.0 Å². The number of carboxylic acid groups (broad SMARTS) is 1. The molecule has 0 aliphatic carbocycles. The van der Waals surface area contributed by atoms with Gasteiger partial charge in [0.15, 0.2) is 11.5 Å². The van der Waals surface area contributed by atoms with E-state index in [4.69, 9.17) is 5.11 Å². The monoisotopic (exact) mass is 333 g/mol. The molecule has 1 amide bonds. The molecular weight excluding hydrogens is 318 g/mol. The third kappa shape index (κ3) is 3.67. The maximum atomic E-state index is 12.0. The Bertz CT molecular complexity index is 801. The van der Waals surface area contributed by atoms with Crippen LogP contribution in [0.5, 0.6) is 23.0 Å². The number of benzene rings is 2. The van der Waals surface area contributed by atoms with Crippen LogP contribution < -0.4 is 5.32 Å². The number of rotatable bonds is 5. The molecule has 0 saturated carbocycles. The van der Waals surface area contributed by atoms with E-state index in [1.807, 2.05) is 0 Å². The average Bonchev–Trinajstić information content (AvgIpc) is 2.52. The molecule has 2 aromatic rings. The number of nitrogens with one attached hydrogen (secondary N) is 1. The fraction of sp³-hybridized carbons (Fsp3) is 0.125. The van der Waals surface area contributed by atoms with Crippen molar-refractivity contribution < 1.29 is 35.1 Å². The lowest BCUT2D eigenvalue weighted by molar-refractivity contribution is 0.0693. The van der Waals surface area contributed by atoms with Crippen molar-refractivity contribution in [1.29, 1.82) is 0 Å². The van der Waals surface area contributed by atoms with E-state index in [-0.39, 0.29) is 23.6 Å². The lowest BCUT2D eigenvalue weighted by Crippen LogP contribution is -2.26. The van der Waals surface area contributed by atoms with Crippen molar-refractivity contribution in [2.75, 3.05) is 6.54 Å². The smallest absolute Gasteiger partial charge is 0.339 e. The average molecular weight is 333 g/mol. The van der Waals surface area contributed by atoms with E-state index in [1.165, 1.54) is 12.1 Å². The fourth-order valence-corrected chi connectivity index (χ4v) is 2.10. The van der Waals surface area contributed by atoms with Crippen LogP contribution in [0, 0.1) is 0 Å². The number of carbonyl (C=O) groups is 2. The molecule has 0 fully saturated rings. The van der Waals surface area contributed by atoms with Crippen LogP contribution in [-0.4, -0.2) is 44.0 Å². The minimum atomic E-state index is -1.47. The number of carboxylic acids is 1. The quantitative estimate of drug-likeness (QED) is 0.355. The number of hydrogen-bond donors (Lipinski definition) is 6. The van der Waals surface area contributed by atoms with Crippen LogP contribution in [0.1, 0.15) is 26.3 Å². The van der Waals surface area contributed by atoms with Gasteiger partial charge in [-0.3, -0.25) is 4.79 Å². The standard InChI is InChI=1S/C16H15NO7/c18-9-6-10(14(21)11(7-9)16(23)24)15(22)17-4-3-8-1-2-12(19)13(20)5-8/h1-2,5-7,18-21H,3-4H2,(H,17,22)(H,23,24). The first kappa shape index (κ1) is 16.9. The molecule has 0 aliphatic heterocycles. The summed E-state index contributed by atoms with van der Waals surface area (Å²) >= 11 is 0. The number of aromatic carboxylic acids is 1. The number of carbonyl (C=O) groups excluding carboxylic acids is 1. The molecule has 0 saturated heterocycles. The first-order valence-corrected chi connectivity index (χ1v) is 6.88. The zero-order chi connectivity index (χ0) is 17.9. The van der Waals surface area contributed by atoms with Gasteiger partial charge in [-0.25, -0.2) is 4.79 Å². The van der Waals surface area contributed by atoms with Crippen molar-refractivity contribution in [2.45, 2.75) is 6.42 Å². The van der Waals surface area contributed by atoms with Crippen molar-refractivity contribution in [3.63, 3.8) is 0 Å². The molecule has 0 heterocycles. The van der Waals surface area contributed by atoms with Gasteiger partial charge in [0.25, 0.3) is 5.91 Å². The summed E-state index contributed by atoms with van der Waals surface area (Å²) in [5.74, 6) is -3.96. The lowest BCUT2D eigenvalue weighted by atomic mass is 10.1.